The monoisotopic (exact) mass is 1230 g/mol. The van der Waals surface area contributed by atoms with Gasteiger partial charge in [0.15, 0.2) is 11.5 Å². The van der Waals surface area contributed by atoms with Crippen LogP contribution in [0.1, 0.15) is 105 Å². The number of para-hydroxylation sites is 7. The largest absolute Gasteiger partial charge is 0.453 e. The third-order valence-electron chi connectivity index (χ3n) is 20.4. The summed E-state index contributed by atoms with van der Waals surface area (Å²) in [6.45, 7) is 28.1. The highest BCUT2D eigenvalue weighted by atomic mass is 16.5. The van der Waals surface area contributed by atoms with Crippen LogP contribution in [0, 0.1) is 0 Å². The van der Waals surface area contributed by atoms with E-state index < -0.39 is 0 Å². The van der Waals surface area contributed by atoms with Crippen LogP contribution in [0.25, 0.3) is 66.1 Å². The van der Waals surface area contributed by atoms with Gasteiger partial charge in [0, 0.05) is 67.0 Å². The maximum absolute atomic E-state index is 6.86. The van der Waals surface area contributed by atoms with Gasteiger partial charge in [0.1, 0.15) is 0 Å². The van der Waals surface area contributed by atoms with E-state index in [1.807, 2.05) is 0 Å². The normalized spacial score (nSPS) is 13.7. The van der Waals surface area contributed by atoms with Crippen molar-refractivity contribution in [3.63, 3.8) is 0 Å². The lowest BCUT2D eigenvalue weighted by atomic mass is 9.33. The second kappa shape index (κ2) is 21.0. The number of fused-ring (bicyclic) bond motifs is 12. The van der Waals surface area contributed by atoms with Gasteiger partial charge >= 0.3 is 0 Å². The van der Waals surface area contributed by atoms with Crippen LogP contribution in [0.3, 0.4) is 0 Å². The number of nitrogens with zero attached hydrogens (tertiary/aromatic N) is 5. The van der Waals surface area contributed by atoms with Crippen molar-refractivity contribution >= 4 is 118 Å². The van der Waals surface area contributed by atoms with E-state index >= 15 is 0 Å². The highest BCUT2D eigenvalue weighted by Crippen LogP contribution is 2.55. The van der Waals surface area contributed by atoms with Crippen LogP contribution in [-0.4, -0.2) is 15.8 Å². The van der Waals surface area contributed by atoms with Crippen LogP contribution < -0.4 is 35.8 Å². The Morgan fingerprint density at radius 2 is 0.621 bits per heavy atom. The fraction of sp³-hybridized carbons (Fsp3) is 0.182. The third-order valence-corrected chi connectivity index (χ3v) is 20.4. The Morgan fingerprint density at radius 3 is 1.06 bits per heavy atom. The molecule has 12 aromatic carbocycles. The predicted octanol–water partition coefficient (Wildman–Crippen LogP) is 22.4. The van der Waals surface area contributed by atoms with Crippen LogP contribution in [-0.2, 0) is 21.7 Å². The van der Waals surface area contributed by atoms with Gasteiger partial charge in [-0.3, -0.25) is 0 Å². The molecule has 0 atom stereocenters. The Labute approximate surface area is 559 Å². The third kappa shape index (κ3) is 9.36. The van der Waals surface area contributed by atoms with Gasteiger partial charge in [-0.15, -0.1) is 0 Å². The average molecular weight is 1230 g/mol. The van der Waals surface area contributed by atoms with E-state index in [2.05, 4.69) is 362 Å². The van der Waals surface area contributed by atoms with Crippen molar-refractivity contribution in [1.82, 2.24) is 9.13 Å². The number of rotatable bonds is 6. The van der Waals surface area contributed by atoms with E-state index in [1.165, 1.54) is 82.3 Å². The Balaban J connectivity index is 1.03. The first-order chi connectivity index (χ1) is 45.6. The number of ether oxygens (including phenoxy) is 1. The SMILES string of the molecule is CC(C)(C)c1cc(N2c3cc(-n4c5ccccc5c5ccccc54)ccc3B3c4ccc(-n5c6ccccc6c6cc(-c7ccccc7)ccc65)cc4N(c4cc(C(C)(C)C)cc(C(C)(C)C)c4)c4cc(N5c6ccccc6Oc6ccccc65)cc2c43)cc(C(C)(C)C)c1. The molecule has 3 aliphatic heterocycles. The molecule has 0 radical (unpaired) electrons. The molecule has 0 bridgehead atoms. The number of hydrogen-bond donors (Lipinski definition) is 0. The Hall–Kier alpha value is -10.5. The number of aromatic nitrogens is 2. The van der Waals surface area contributed by atoms with E-state index in [4.69, 9.17) is 4.74 Å². The zero-order chi connectivity index (χ0) is 65.2. The van der Waals surface area contributed by atoms with Crippen LogP contribution in [0.5, 0.6) is 11.5 Å². The van der Waals surface area contributed by atoms with E-state index in [0.717, 1.165) is 85.1 Å². The van der Waals surface area contributed by atoms with Crippen LogP contribution in [0.15, 0.2) is 255 Å². The summed E-state index contributed by atoms with van der Waals surface area (Å²) >= 11 is 0. The minimum Gasteiger partial charge on any atom is -0.453 e. The molecule has 0 spiro atoms. The quantitative estimate of drug-likeness (QED) is 0.155. The van der Waals surface area contributed by atoms with Gasteiger partial charge in [0.25, 0.3) is 6.71 Å². The molecule has 3 aliphatic rings. The van der Waals surface area contributed by atoms with E-state index in [0.29, 0.717) is 0 Å². The minimum atomic E-state index is -0.204. The molecule has 7 heteroatoms. The highest BCUT2D eigenvalue weighted by molar-refractivity contribution is 7.00. The van der Waals surface area contributed by atoms with E-state index in [1.54, 1.807) is 0 Å². The van der Waals surface area contributed by atoms with Crippen LogP contribution in [0.2, 0.25) is 0 Å². The zero-order valence-electron chi connectivity index (χ0n) is 56.5. The average Bonchev–Trinajstić information content (AvgIpc) is 1.36. The molecule has 0 aliphatic carbocycles. The van der Waals surface area contributed by atoms with Crippen LogP contribution in [0.4, 0.5) is 51.2 Å². The van der Waals surface area contributed by atoms with Gasteiger partial charge in [-0.05, 0) is 187 Å². The lowest BCUT2D eigenvalue weighted by molar-refractivity contribution is 0.477. The van der Waals surface area contributed by atoms with Gasteiger partial charge in [-0.2, -0.15) is 0 Å². The van der Waals surface area contributed by atoms with Crippen molar-refractivity contribution in [2.45, 2.75) is 105 Å². The summed E-state index contributed by atoms with van der Waals surface area (Å²) in [4.78, 5) is 7.76. The summed E-state index contributed by atoms with van der Waals surface area (Å²) in [5, 5.41) is 4.91. The molecule has 2 aromatic heterocycles. The second-order valence-electron chi connectivity index (χ2n) is 30.7. The topological polar surface area (TPSA) is 28.8 Å². The Bertz CT molecular complexity index is 5320. The van der Waals surface area contributed by atoms with Crippen molar-refractivity contribution < 1.29 is 4.74 Å². The standard InChI is InChI=1S/C88H78BN5O/c1-85(2,3)57-45-58(86(4,5)6)48-63(47-57)93-78-51-61(90-72-31-19-16-28-66(72)67-29-17-20-32-73(67)90)39-41-70(78)89-71-42-40-62(91-74-33-21-18-30-68(74)69-44-56(38-43-75(69)91)55-26-14-13-15-27-55)52-79(71)94(64-49-59(87(7,8)9)46-60(50-64)88(10,11)12)81-54-65(53-80(93)84(81)89)92-76-34-22-24-36-82(76)95-83-37-25-23-35-77(83)92/h13-54H,1-12H3. The molecule has 464 valence electrons. The maximum atomic E-state index is 6.86. The molecule has 0 unspecified atom stereocenters. The second-order valence-corrected chi connectivity index (χ2v) is 30.7. The molecule has 14 aromatic rings. The summed E-state index contributed by atoms with van der Waals surface area (Å²) in [5.74, 6) is 1.62. The van der Waals surface area contributed by atoms with Gasteiger partial charge in [-0.1, -0.05) is 223 Å². The Morgan fingerprint density at radius 1 is 0.263 bits per heavy atom. The molecule has 0 amide bonds. The molecule has 6 nitrogen and oxygen atoms in total. The molecule has 17 rings (SSSR count). The highest BCUT2D eigenvalue weighted by Gasteiger charge is 2.46. The van der Waals surface area contributed by atoms with E-state index in [9.17, 15) is 0 Å². The molecular weight excluding hydrogens is 1150 g/mol. The number of anilines is 9. The van der Waals surface area contributed by atoms with E-state index in [-0.39, 0.29) is 28.4 Å². The summed E-state index contributed by atoms with van der Waals surface area (Å²) < 4.78 is 11.9. The fourth-order valence-electron chi connectivity index (χ4n) is 15.4. The van der Waals surface area contributed by atoms with Crippen molar-refractivity contribution in [2.24, 2.45) is 0 Å². The predicted molar refractivity (Wildman–Crippen MR) is 404 cm³/mol. The number of benzene rings is 12. The first-order valence-electron chi connectivity index (χ1n) is 33.8. The van der Waals surface area contributed by atoms with Gasteiger partial charge in [-0.25, -0.2) is 0 Å². The zero-order valence-corrected chi connectivity index (χ0v) is 56.5. The summed E-state index contributed by atoms with van der Waals surface area (Å²) in [7, 11) is 0. The summed E-state index contributed by atoms with van der Waals surface area (Å²) in [5.41, 5.74) is 27.3. The van der Waals surface area contributed by atoms with Gasteiger partial charge in [0.05, 0.1) is 39.1 Å². The van der Waals surface area contributed by atoms with Crippen LogP contribution >= 0.6 is 0 Å². The maximum Gasteiger partial charge on any atom is 0.252 e. The van der Waals surface area contributed by atoms with Crippen molar-refractivity contribution in [1.29, 1.82) is 0 Å². The van der Waals surface area contributed by atoms with Gasteiger partial charge < -0.3 is 28.6 Å². The summed E-state index contributed by atoms with van der Waals surface area (Å²) in [6.07, 6.45) is 0. The Kier molecular flexibility index (Phi) is 12.9. The van der Waals surface area contributed by atoms with Crippen molar-refractivity contribution in [3.05, 3.63) is 277 Å². The fourth-order valence-corrected chi connectivity index (χ4v) is 15.4. The first kappa shape index (κ1) is 58.3. The van der Waals surface area contributed by atoms with Crippen molar-refractivity contribution in [2.75, 3.05) is 14.7 Å². The molecule has 95 heavy (non-hydrogen) atoms. The molecule has 0 saturated heterocycles. The molecule has 0 N–H and O–H groups in total. The van der Waals surface area contributed by atoms with Crippen molar-refractivity contribution in [3.8, 4) is 34.0 Å². The summed E-state index contributed by atoms with van der Waals surface area (Å²) in [6, 6.07) is 96.3. The molecule has 0 fully saturated rings. The first-order valence-corrected chi connectivity index (χ1v) is 33.8. The lowest BCUT2D eigenvalue weighted by Crippen LogP contribution is -2.61. The smallest absolute Gasteiger partial charge is 0.252 e. The van der Waals surface area contributed by atoms with Gasteiger partial charge in [0.2, 0.25) is 0 Å². The molecular formula is C88H78BN5O. The molecule has 0 saturated carbocycles. The minimum absolute atomic E-state index is 0.165. The molecule has 5 heterocycles. The lowest BCUT2D eigenvalue weighted by Gasteiger charge is -2.46. The number of hydrogen-bond acceptors (Lipinski definition) is 4.